The molecular weight excluding hydrogens is 893 g/mol. The van der Waals surface area contributed by atoms with Crippen molar-refractivity contribution in [2.45, 2.75) is 69.9 Å². The fourth-order valence-electron chi connectivity index (χ4n) is 9.07. The molecule has 0 radical (unpaired) electrons. The molecule has 9 rings (SSSR count). The van der Waals surface area contributed by atoms with Crippen LogP contribution in [0.2, 0.25) is 0 Å². The van der Waals surface area contributed by atoms with Crippen molar-refractivity contribution in [1.82, 2.24) is 14.7 Å². The Bertz CT molecular complexity index is 2830. The summed E-state index contributed by atoms with van der Waals surface area (Å²) in [6, 6.07) is 21.8. The lowest BCUT2D eigenvalue weighted by Crippen LogP contribution is -2.32. The number of unbranched alkanes of at least 4 members (excludes halogenated alkanes) is 4. The number of nitrogens with one attached hydrogen (secondary N) is 1. The predicted molar refractivity (Wildman–Crippen MR) is 265 cm³/mol. The molecule has 2 unspecified atom stereocenters. The molecule has 1 N–H and O–H groups in total. The Morgan fingerprint density at radius 2 is 1.10 bits per heavy atom. The highest BCUT2D eigenvalue weighted by molar-refractivity contribution is 6.13. The number of anilines is 1. The quantitative estimate of drug-likeness (QED) is 0.0666. The second-order valence-corrected chi connectivity index (χ2v) is 17.5. The number of benzene rings is 4. The minimum atomic E-state index is -0.292. The number of rotatable bonds is 20. The molecule has 0 aliphatic carbocycles. The van der Waals surface area contributed by atoms with E-state index in [1.807, 2.05) is 67.1 Å². The van der Waals surface area contributed by atoms with E-state index in [9.17, 15) is 24.0 Å². The standard InChI is InChI=1S/C54H54N6O10/c1-66-41-17-13-35(14-18-41)37-25-40-31-56-45-29-49(47(68-3)27-43(45)54(65)60(40)33-37)70-23-9-5-8-22-69-48-28-44-42(26-46(48)67-2)53(64)59-32-36(24-39(59)30-55-44)34-11-15-38(16-12-34)57-50(61)10-6-4-7-21-58-51(62)19-20-52(58)63/h11-20,26-33,39-40H,4-10,21-25H2,1-3H3,(H,57,61). The zero-order chi connectivity index (χ0) is 48.7. The highest BCUT2D eigenvalue weighted by Crippen LogP contribution is 2.42. The van der Waals surface area contributed by atoms with Gasteiger partial charge in [0, 0.05) is 80.6 Å². The first kappa shape index (κ1) is 47.1. The van der Waals surface area contributed by atoms with E-state index in [4.69, 9.17) is 33.7 Å². The summed E-state index contributed by atoms with van der Waals surface area (Å²) in [5, 5.41) is 2.93. The Kier molecular flexibility index (Phi) is 14.2. The molecule has 0 bridgehead atoms. The summed E-state index contributed by atoms with van der Waals surface area (Å²) in [7, 11) is 4.73. The minimum absolute atomic E-state index is 0.112. The zero-order valence-corrected chi connectivity index (χ0v) is 39.4. The lowest BCUT2D eigenvalue weighted by molar-refractivity contribution is -0.136. The Balaban J connectivity index is 0.730. The van der Waals surface area contributed by atoms with Gasteiger partial charge in [-0.05, 0) is 90.8 Å². The lowest BCUT2D eigenvalue weighted by Gasteiger charge is -2.19. The largest absolute Gasteiger partial charge is 0.497 e. The van der Waals surface area contributed by atoms with E-state index in [0.29, 0.717) is 109 Å². The van der Waals surface area contributed by atoms with Crippen molar-refractivity contribution in [3.8, 4) is 28.7 Å². The fraction of sp³-hybridized carbons (Fsp3) is 0.315. The first-order valence-corrected chi connectivity index (χ1v) is 23.5. The van der Waals surface area contributed by atoms with Crippen molar-refractivity contribution in [3.05, 3.63) is 120 Å². The molecule has 70 heavy (non-hydrogen) atoms. The number of nitrogens with zero attached hydrogens (tertiary/aromatic N) is 5. The van der Waals surface area contributed by atoms with Crippen molar-refractivity contribution >= 4 is 70.2 Å². The molecule has 16 nitrogen and oxygen atoms in total. The summed E-state index contributed by atoms with van der Waals surface area (Å²) >= 11 is 0. The van der Waals surface area contributed by atoms with Gasteiger partial charge in [-0.2, -0.15) is 0 Å². The molecule has 16 heteroatoms. The second-order valence-electron chi connectivity index (χ2n) is 17.5. The molecular formula is C54H54N6O10. The number of aliphatic imine (C=N–C) groups is 2. The number of fused-ring (bicyclic) bond motifs is 4. The Labute approximate surface area is 405 Å². The maximum absolute atomic E-state index is 14.0. The van der Waals surface area contributed by atoms with Crippen LogP contribution in [0.3, 0.4) is 0 Å². The Hall–Kier alpha value is -8.01. The van der Waals surface area contributed by atoms with E-state index in [2.05, 4.69) is 5.32 Å². The third kappa shape index (κ3) is 10.2. The van der Waals surface area contributed by atoms with E-state index in [1.165, 1.54) is 17.1 Å². The molecule has 4 aromatic carbocycles. The van der Waals surface area contributed by atoms with Crippen LogP contribution in [-0.4, -0.2) is 110 Å². The smallest absolute Gasteiger partial charge is 0.260 e. The molecule has 5 heterocycles. The lowest BCUT2D eigenvalue weighted by atomic mass is 10.0. The zero-order valence-electron chi connectivity index (χ0n) is 39.4. The van der Waals surface area contributed by atoms with Crippen LogP contribution in [0.5, 0.6) is 28.7 Å². The van der Waals surface area contributed by atoms with Gasteiger partial charge in [0.15, 0.2) is 23.0 Å². The van der Waals surface area contributed by atoms with Gasteiger partial charge >= 0.3 is 0 Å². The first-order chi connectivity index (χ1) is 34.1. The predicted octanol–water partition coefficient (Wildman–Crippen LogP) is 8.71. The van der Waals surface area contributed by atoms with Gasteiger partial charge in [-0.15, -0.1) is 0 Å². The number of carbonyl (C=O) groups is 5. The third-order valence-corrected chi connectivity index (χ3v) is 12.9. The number of ether oxygens (including phenoxy) is 5. The van der Waals surface area contributed by atoms with Crippen molar-refractivity contribution in [1.29, 1.82) is 0 Å². The summed E-state index contributed by atoms with van der Waals surface area (Å²) < 4.78 is 29.0. The van der Waals surface area contributed by atoms with Crippen molar-refractivity contribution in [2.75, 3.05) is 46.4 Å². The molecule has 0 fully saturated rings. The number of methoxy groups -OCH3 is 3. The average molecular weight is 947 g/mol. The van der Waals surface area contributed by atoms with Crippen LogP contribution in [0, 0.1) is 0 Å². The maximum Gasteiger partial charge on any atom is 0.260 e. The first-order valence-electron chi connectivity index (χ1n) is 23.5. The van der Waals surface area contributed by atoms with Gasteiger partial charge in [-0.3, -0.25) is 38.9 Å². The van der Waals surface area contributed by atoms with Crippen LogP contribution in [0.25, 0.3) is 11.1 Å². The molecule has 360 valence electrons. The van der Waals surface area contributed by atoms with Crippen molar-refractivity contribution in [2.24, 2.45) is 9.98 Å². The molecule has 0 saturated carbocycles. The molecule has 0 saturated heterocycles. The van der Waals surface area contributed by atoms with Gasteiger partial charge < -0.3 is 38.8 Å². The fourth-order valence-corrected chi connectivity index (χ4v) is 9.07. The molecule has 5 aliphatic heterocycles. The van der Waals surface area contributed by atoms with Crippen LogP contribution in [0.1, 0.15) is 89.6 Å². The van der Waals surface area contributed by atoms with Crippen LogP contribution >= 0.6 is 0 Å². The van der Waals surface area contributed by atoms with Crippen molar-refractivity contribution < 1.29 is 47.7 Å². The number of hydrogen-bond donors (Lipinski definition) is 1. The Morgan fingerprint density at radius 3 is 1.60 bits per heavy atom. The second kappa shape index (κ2) is 21.1. The van der Waals surface area contributed by atoms with Gasteiger partial charge in [0.2, 0.25) is 5.91 Å². The summed E-state index contributed by atoms with van der Waals surface area (Å²) in [6.45, 7) is 1.18. The topological polar surface area (TPSA) is 178 Å². The van der Waals surface area contributed by atoms with E-state index in [-0.39, 0.29) is 41.6 Å². The number of amides is 5. The van der Waals surface area contributed by atoms with Crippen LogP contribution in [0.15, 0.2) is 107 Å². The molecule has 4 aromatic rings. The van der Waals surface area contributed by atoms with E-state index < -0.39 is 0 Å². The SMILES string of the molecule is COc1ccc(C2=CN3C(=O)c4cc(OC)c(OCCCCCOc5cc6c(cc5OC)C(=O)N5C=C(c7ccc(NC(=O)CCCCCN8C(=O)C=CC8=O)cc7)CC5C=N6)cc4N=CC3C2)cc1. The normalized spacial score (nSPS) is 17.6. The van der Waals surface area contributed by atoms with Crippen molar-refractivity contribution in [3.63, 3.8) is 0 Å². The highest BCUT2D eigenvalue weighted by Gasteiger charge is 2.35. The highest BCUT2D eigenvalue weighted by atomic mass is 16.5. The number of imide groups is 1. The number of carbonyl (C=O) groups excluding carboxylic acids is 5. The molecule has 0 aromatic heterocycles. The van der Waals surface area contributed by atoms with Gasteiger partial charge in [0.05, 0.1) is 69.1 Å². The van der Waals surface area contributed by atoms with Crippen LogP contribution < -0.4 is 29.0 Å². The summed E-state index contributed by atoms with van der Waals surface area (Å²) in [6.07, 6.45) is 15.8. The monoisotopic (exact) mass is 946 g/mol. The van der Waals surface area contributed by atoms with Gasteiger partial charge in [0.1, 0.15) is 5.75 Å². The van der Waals surface area contributed by atoms with Gasteiger partial charge in [-0.25, -0.2) is 0 Å². The van der Waals surface area contributed by atoms with Crippen LogP contribution in [-0.2, 0) is 14.4 Å². The summed E-state index contributed by atoms with van der Waals surface area (Å²) in [5.74, 6) is 1.63. The van der Waals surface area contributed by atoms with E-state index in [0.717, 1.165) is 47.3 Å². The minimum Gasteiger partial charge on any atom is -0.497 e. The summed E-state index contributed by atoms with van der Waals surface area (Å²) in [5.41, 5.74) is 6.53. The average Bonchev–Trinajstić information content (AvgIpc) is 4.06. The van der Waals surface area contributed by atoms with E-state index >= 15 is 0 Å². The van der Waals surface area contributed by atoms with Gasteiger partial charge in [0.25, 0.3) is 23.6 Å². The van der Waals surface area contributed by atoms with Gasteiger partial charge in [-0.1, -0.05) is 30.7 Å². The maximum atomic E-state index is 14.0. The van der Waals surface area contributed by atoms with Crippen LogP contribution in [0.4, 0.5) is 17.1 Å². The number of hydrogen-bond acceptors (Lipinski definition) is 12. The Morgan fingerprint density at radius 1 is 0.600 bits per heavy atom. The molecule has 0 spiro atoms. The summed E-state index contributed by atoms with van der Waals surface area (Å²) in [4.78, 5) is 77.8. The van der Waals surface area contributed by atoms with E-state index in [1.54, 1.807) is 61.6 Å². The molecule has 2 atom stereocenters. The third-order valence-electron chi connectivity index (χ3n) is 12.9. The molecule has 5 amide bonds. The molecule has 5 aliphatic rings.